The minimum Gasteiger partial charge on any atom is -0.481 e. The summed E-state index contributed by atoms with van der Waals surface area (Å²) in [6.45, 7) is 1.67. The molecule has 1 rings (SSSR count). The van der Waals surface area contributed by atoms with Gasteiger partial charge in [-0.15, -0.1) is 0 Å². The molecule has 0 aromatic heterocycles. The lowest BCUT2D eigenvalue weighted by Crippen LogP contribution is -2.34. The summed E-state index contributed by atoms with van der Waals surface area (Å²) >= 11 is 3.04. The molecule has 1 N–H and O–H groups in total. The molecular formula is C13H15BrFNO3. The Morgan fingerprint density at radius 1 is 1.47 bits per heavy atom. The summed E-state index contributed by atoms with van der Waals surface area (Å²) in [5.41, 5.74) is 0.556. The first kappa shape index (κ1) is 15.6. The maximum absolute atomic E-state index is 13.3. The molecule has 6 heteroatoms. The number of likely N-dealkylation sites (N-methyl/N-ethyl adjacent to an activating group) is 1. The molecule has 0 fully saturated rings. The van der Waals surface area contributed by atoms with Crippen molar-refractivity contribution in [2.45, 2.75) is 13.3 Å². The Balaban J connectivity index is 2.63. The van der Waals surface area contributed by atoms with Gasteiger partial charge in [0, 0.05) is 13.6 Å². The molecule has 0 saturated heterocycles. The molecule has 0 aliphatic rings. The molecule has 1 amide bonds. The zero-order valence-corrected chi connectivity index (χ0v) is 12.3. The molecule has 0 aliphatic carbocycles. The number of carboxylic acid groups (broad SMARTS) is 1. The second-order valence-corrected chi connectivity index (χ2v) is 5.29. The maximum atomic E-state index is 13.3. The highest BCUT2D eigenvalue weighted by molar-refractivity contribution is 9.10. The molecule has 1 aromatic carbocycles. The Hall–Kier alpha value is -1.43. The third-order valence-electron chi connectivity index (χ3n) is 2.73. The minimum absolute atomic E-state index is 0.0486. The van der Waals surface area contributed by atoms with Crippen molar-refractivity contribution in [1.29, 1.82) is 0 Å². The number of aliphatic carboxylic acids is 1. The van der Waals surface area contributed by atoms with Crippen molar-refractivity contribution in [2.75, 3.05) is 13.6 Å². The number of benzene rings is 1. The summed E-state index contributed by atoms with van der Waals surface area (Å²) in [5.74, 6) is -2.24. The number of hydrogen-bond donors (Lipinski definition) is 1. The van der Waals surface area contributed by atoms with Crippen molar-refractivity contribution in [3.63, 3.8) is 0 Å². The van der Waals surface area contributed by atoms with Crippen LogP contribution in [0.5, 0.6) is 0 Å². The Morgan fingerprint density at radius 3 is 2.63 bits per heavy atom. The third-order valence-corrected chi connectivity index (χ3v) is 3.38. The number of rotatable bonds is 5. The second-order valence-electron chi connectivity index (χ2n) is 4.44. The zero-order valence-electron chi connectivity index (χ0n) is 10.7. The van der Waals surface area contributed by atoms with Crippen LogP contribution in [-0.2, 0) is 16.0 Å². The van der Waals surface area contributed by atoms with Gasteiger partial charge in [0.1, 0.15) is 5.82 Å². The van der Waals surface area contributed by atoms with E-state index in [2.05, 4.69) is 15.9 Å². The van der Waals surface area contributed by atoms with Crippen molar-refractivity contribution in [3.8, 4) is 0 Å². The molecule has 104 valence electrons. The van der Waals surface area contributed by atoms with Crippen molar-refractivity contribution in [2.24, 2.45) is 5.92 Å². The Labute approximate surface area is 119 Å². The summed E-state index contributed by atoms with van der Waals surface area (Å²) in [5, 5.41) is 8.78. The molecule has 0 aliphatic heterocycles. The second kappa shape index (κ2) is 6.65. The van der Waals surface area contributed by atoms with Gasteiger partial charge in [-0.2, -0.15) is 0 Å². The highest BCUT2D eigenvalue weighted by Crippen LogP contribution is 2.17. The molecular weight excluding hydrogens is 317 g/mol. The first-order valence-corrected chi connectivity index (χ1v) is 6.51. The van der Waals surface area contributed by atoms with Crippen LogP contribution in [0.4, 0.5) is 4.39 Å². The first-order valence-electron chi connectivity index (χ1n) is 5.72. The van der Waals surface area contributed by atoms with Gasteiger partial charge in [0.2, 0.25) is 5.91 Å². The highest BCUT2D eigenvalue weighted by atomic mass is 79.9. The molecule has 1 unspecified atom stereocenters. The summed E-state index contributed by atoms with van der Waals surface area (Å²) in [6.07, 6.45) is 0.0486. The fourth-order valence-electron chi connectivity index (χ4n) is 1.55. The zero-order chi connectivity index (χ0) is 14.6. The van der Waals surface area contributed by atoms with Crippen LogP contribution in [0.25, 0.3) is 0 Å². The van der Waals surface area contributed by atoms with Gasteiger partial charge in [-0.3, -0.25) is 9.59 Å². The van der Waals surface area contributed by atoms with E-state index in [-0.39, 0.29) is 18.9 Å². The molecule has 19 heavy (non-hydrogen) atoms. The van der Waals surface area contributed by atoms with E-state index < -0.39 is 17.7 Å². The number of carboxylic acids is 1. The van der Waals surface area contributed by atoms with E-state index in [1.165, 1.54) is 31.0 Å². The van der Waals surface area contributed by atoms with E-state index in [4.69, 9.17) is 5.11 Å². The molecule has 0 radical (unpaired) electrons. The summed E-state index contributed by atoms with van der Waals surface area (Å²) in [6, 6.07) is 4.48. The Bertz CT molecular complexity index is 493. The summed E-state index contributed by atoms with van der Waals surface area (Å²) < 4.78 is 13.6. The highest BCUT2D eigenvalue weighted by Gasteiger charge is 2.17. The number of nitrogens with zero attached hydrogens (tertiary/aromatic N) is 1. The standard InChI is InChI=1S/C13H15BrFNO3/c1-8(13(18)19)7-16(2)12(17)6-9-3-4-10(14)11(15)5-9/h3-5,8H,6-7H2,1-2H3,(H,18,19). The average Bonchev–Trinajstić information content (AvgIpc) is 2.33. The minimum atomic E-state index is -0.950. The van der Waals surface area contributed by atoms with Crippen molar-refractivity contribution >= 4 is 27.8 Å². The van der Waals surface area contributed by atoms with E-state index in [1.54, 1.807) is 6.07 Å². The van der Waals surface area contributed by atoms with Crippen LogP contribution in [0.2, 0.25) is 0 Å². The monoisotopic (exact) mass is 331 g/mol. The van der Waals surface area contributed by atoms with Crippen LogP contribution in [0.15, 0.2) is 22.7 Å². The van der Waals surface area contributed by atoms with E-state index in [0.29, 0.717) is 10.0 Å². The number of carbonyl (C=O) groups excluding carboxylic acids is 1. The van der Waals surface area contributed by atoms with Crippen molar-refractivity contribution in [1.82, 2.24) is 4.90 Å². The van der Waals surface area contributed by atoms with Gasteiger partial charge in [-0.25, -0.2) is 4.39 Å². The smallest absolute Gasteiger partial charge is 0.308 e. The lowest BCUT2D eigenvalue weighted by molar-refractivity contribution is -0.142. The van der Waals surface area contributed by atoms with Gasteiger partial charge < -0.3 is 10.0 Å². The van der Waals surface area contributed by atoms with Crippen molar-refractivity contribution in [3.05, 3.63) is 34.1 Å². The normalized spacial score (nSPS) is 12.0. The molecule has 1 aromatic rings. The molecule has 0 spiro atoms. The van der Waals surface area contributed by atoms with Crippen LogP contribution in [0.3, 0.4) is 0 Å². The molecule has 1 atom stereocenters. The Morgan fingerprint density at radius 2 is 2.11 bits per heavy atom. The van der Waals surface area contributed by atoms with Gasteiger partial charge in [0.25, 0.3) is 0 Å². The Kier molecular flexibility index (Phi) is 5.47. The van der Waals surface area contributed by atoms with E-state index in [0.717, 1.165) is 0 Å². The third kappa shape index (κ3) is 4.63. The molecule has 0 heterocycles. The van der Waals surface area contributed by atoms with Gasteiger partial charge in [-0.1, -0.05) is 13.0 Å². The molecule has 4 nitrogen and oxygen atoms in total. The lowest BCUT2D eigenvalue weighted by atomic mass is 10.1. The van der Waals surface area contributed by atoms with Gasteiger partial charge >= 0.3 is 5.97 Å². The average molecular weight is 332 g/mol. The topological polar surface area (TPSA) is 57.6 Å². The van der Waals surface area contributed by atoms with Gasteiger partial charge in [0.15, 0.2) is 0 Å². The first-order chi connectivity index (χ1) is 8.81. The van der Waals surface area contributed by atoms with E-state index in [9.17, 15) is 14.0 Å². The van der Waals surface area contributed by atoms with Crippen LogP contribution in [0.1, 0.15) is 12.5 Å². The number of amides is 1. The number of carbonyl (C=O) groups is 2. The quantitative estimate of drug-likeness (QED) is 0.900. The van der Waals surface area contributed by atoms with Crippen LogP contribution in [0, 0.1) is 11.7 Å². The summed E-state index contributed by atoms with van der Waals surface area (Å²) in [7, 11) is 1.54. The van der Waals surface area contributed by atoms with Crippen LogP contribution < -0.4 is 0 Å². The lowest BCUT2D eigenvalue weighted by Gasteiger charge is -2.19. The number of halogens is 2. The molecule has 0 saturated carbocycles. The predicted molar refractivity (Wildman–Crippen MR) is 72.2 cm³/mol. The van der Waals surface area contributed by atoms with Gasteiger partial charge in [-0.05, 0) is 33.6 Å². The van der Waals surface area contributed by atoms with E-state index >= 15 is 0 Å². The summed E-state index contributed by atoms with van der Waals surface area (Å²) in [4.78, 5) is 23.9. The fraction of sp³-hybridized carbons (Fsp3) is 0.385. The van der Waals surface area contributed by atoms with E-state index in [1.807, 2.05) is 0 Å². The largest absolute Gasteiger partial charge is 0.481 e. The fourth-order valence-corrected chi connectivity index (χ4v) is 1.80. The van der Waals surface area contributed by atoms with Crippen LogP contribution >= 0.6 is 15.9 Å². The maximum Gasteiger partial charge on any atom is 0.308 e. The predicted octanol–water partition coefficient (Wildman–Crippen LogP) is 2.31. The van der Waals surface area contributed by atoms with Crippen LogP contribution in [-0.4, -0.2) is 35.5 Å². The number of hydrogen-bond acceptors (Lipinski definition) is 2. The van der Waals surface area contributed by atoms with Crippen molar-refractivity contribution < 1.29 is 19.1 Å². The van der Waals surface area contributed by atoms with Gasteiger partial charge in [0.05, 0.1) is 16.8 Å². The molecule has 0 bridgehead atoms. The SMILES string of the molecule is CC(CN(C)C(=O)Cc1ccc(Br)c(F)c1)C(=O)O.